The number of nitrogens with two attached hydrogens (primary N) is 1. The van der Waals surface area contributed by atoms with Gasteiger partial charge in [0.15, 0.2) is 0 Å². The highest BCUT2D eigenvalue weighted by Crippen LogP contribution is 2.28. The van der Waals surface area contributed by atoms with Crippen molar-refractivity contribution in [2.24, 2.45) is 0 Å². The van der Waals surface area contributed by atoms with Crippen LogP contribution in [0.25, 0.3) is 6.08 Å². The van der Waals surface area contributed by atoms with Crippen LogP contribution >= 0.6 is 0 Å². The molecule has 0 aromatic heterocycles. The minimum absolute atomic E-state index is 0.0331. The average molecular weight is 173 g/mol. The molecule has 1 heterocycles. The maximum Gasteiger partial charge on any atom is 0.135 e. The van der Waals surface area contributed by atoms with Gasteiger partial charge < -0.3 is 10.5 Å². The fraction of sp³-hybridized carbons (Fsp3) is 0.0909. The molecule has 0 aliphatic carbocycles. The SMILES string of the molecule is C=CC1C=Cc2ccc(N)cc2O1. The first-order chi connectivity index (χ1) is 6.29. The van der Waals surface area contributed by atoms with Gasteiger partial charge in [-0.05, 0) is 24.3 Å². The minimum Gasteiger partial charge on any atom is -0.482 e. The lowest BCUT2D eigenvalue weighted by atomic mass is 10.1. The van der Waals surface area contributed by atoms with Crippen molar-refractivity contribution in [2.75, 3.05) is 5.73 Å². The third kappa shape index (κ3) is 1.43. The molecule has 0 radical (unpaired) electrons. The number of ether oxygens (including phenoxy) is 1. The summed E-state index contributed by atoms with van der Waals surface area (Å²) in [4.78, 5) is 0. The van der Waals surface area contributed by atoms with Crippen LogP contribution in [-0.2, 0) is 0 Å². The molecule has 0 saturated heterocycles. The van der Waals surface area contributed by atoms with E-state index in [-0.39, 0.29) is 6.10 Å². The lowest BCUT2D eigenvalue weighted by molar-refractivity contribution is 0.293. The first kappa shape index (κ1) is 7.92. The Kier molecular flexibility index (Phi) is 1.81. The van der Waals surface area contributed by atoms with Crippen LogP contribution in [0, 0.1) is 0 Å². The van der Waals surface area contributed by atoms with Crippen molar-refractivity contribution in [1.82, 2.24) is 0 Å². The minimum atomic E-state index is -0.0331. The molecule has 1 aliphatic heterocycles. The van der Waals surface area contributed by atoms with Crippen molar-refractivity contribution in [1.29, 1.82) is 0 Å². The molecule has 1 aromatic rings. The Morgan fingerprint density at radius 3 is 3.08 bits per heavy atom. The molecule has 0 amide bonds. The van der Waals surface area contributed by atoms with Crippen LogP contribution in [0.15, 0.2) is 36.9 Å². The summed E-state index contributed by atoms with van der Waals surface area (Å²) in [6, 6.07) is 5.64. The van der Waals surface area contributed by atoms with Crippen LogP contribution in [0.2, 0.25) is 0 Å². The van der Waals surface area contributed by atoms with E-state index in [1.807, 2.05) is 30.4 Å². The lowest BCUT2D eigenvalue weighted by Gasteiger charge is -2.18. The van der Waals surface area contributed by atoms with Crippen LogP contribution in [0.3, 0.4) is 0 Å². The van der Waals surface area contributed by atoms with E-state index in [4.69, 9.17) is 10.5 Å². The number of hydrogen-bond donors (Lipinski definition) is 1. The molecule has 2 heteroatoms. The van der Waals surface area contributed by atoms with Gasteiger partial charge in [0.25, 0.3) is 0 Å². The highest BCUT2D eigenvalue weighted by Gasteiger charge is 2.10. The highest BCUT2D eigenvalue weighted by molar-refractivity contribution is 5.64. The summed E-state index contributed by atoms with van der Waals surface area (Å²) in [5.41, 5.74) is 7.42. The zero-order valence-corrected chi connectivity index (χ0v) is 7.23. The third-order valence-electron chi connectivity index (χ3n) is 2.00. The molecule has 1 aliphatic rings. The predicted octanol–water partition coefficient (Wildman–Crippen LogP) is 2.23. The molecule has 1 unspecified atom stereocenters. The Labute approximate surface area is 77.3 Å². The van der Waals surface area contributed by atoms with Crippen molar-refractivity contribution < 1.29 is 4.74 Å². The number of anilines is 1. The number of hydrogen-bond acceptors (Lipinski definition) is 2. The van der Waals surface area contributed by atoms with Gasteiger partial charge >= 0.3 is 0 Å². The normalized spacial score (nSPS) is 18.9. The molecule has 66 valence electrons. The van der Waals surface area contributed by atoms with Crippen LogP contribution in [0.5, 0.6) is 5.75 Å². The standard InChI is InChI=1S/C11H11NO/c1-2-10-6-4-8-3-5-9(12)7-11(8)13-10/h2-7,10H,1,12H2. The van der Waals surface area contributed by atoms with Crippen LogP contribution in [-0.4, -0.2) is 6.10 Å². The van der Waals surface area contributed by atoms with Crippen molar-refractivity contribution in [2.45, 2.75) is 6.10 Å². The Balaban J connectivity index is 2.41. The second-order valence-electron chi connectivity index (χ2n) is 2.97. The highest BCUT2D eigenvalue weighted by atomic mass is 16.5. The Bertz CT molecular complexity index is 368. The van der Waals surface area contributed by atoms with Gasteiger partial charge in [-0.1, -0.05) is 12.7 Å². The van der Waals surface area contributed by atoms with E-state index in [0.29, 0.717) is 0 Å². The van der Waals surface area contributed by atoms with Gasteiger partial charge in [0.1, 0.15) is 11.9 Å². The molecule has 0 bridgehead atoms. The Morgan fingerprint density at radius 1 is 1.46 bits per heavy atom. The van der Waals surface area contributed by atoms with E-state index in [9.17, 15) is 0 Å². The van der Waals surface area contributed by atoms with Crippen molar-refractivity contribution >= 4 is 11.8 Å². The Morgan fingerprint density at radius 2 is 2.31 bits per heavy atom. The summed E-state index contributed by atoms with van der Waals surface area (Å²) in [5.74, 6) is 0.826. The van der Waals surface area contributed by atoms with Crippen molar-refractivity contribution in [3.05, 3.63) is 42.5 Å². The monoisotopic (exact) mass is 173 g/mol. The number of nitrogen functional groups attached to an aromatic ring is 1. The summed E-state index contributed by atoms with van der Waals surface area (Å²) >= 11 is 0. The summed E-state index contributed by atoms with van der Waals surface area (Å²) in [5, 5.41) is 0. The first-order valence-corrected chi connectivity index (χ1v) is 4.16. The molecule has 2 N–H and O–H groups in total. The molecular formula is C11H11NO. The quantitative estimate of drug-likeness (QED) is 0.522. The topological polar surface area (TPSA) is 35.2 Å². The van der Waals surface area contributed by atoms with Gasteiger partial charge in [-0.2, -0.15) is 0 Å². The Hall–Kier alpha value is -1.70. The summed E-state index contributed by atoms with van der Waals surface area (Å²) in [7, 11) is 0. The fourth-order valence-corrected chi connectivity index (χ4v) is 1.30. The van der Waals surface area contributed by atoms with Gasteiger partial charge in [-0.25, -0.2) is 0 Å². The van der Waals surface area contributed by atoms with Crippen LogP contribution < -0.4 is 10.5 Å². The van der Waals surface area contributed by atoms with Crippen LogP contribution in [0.1, 0.15) is 5.56 Å². The lowest BCUT2D eigenvalue weighted by Crippen LogP contribution is -2.13. The van der Waals surface area contributed by atoms with E-state index in [2.05, 4.69) is 6.58 Å². The van der Waals surface area contributed by atoms with E-state index in [0.717, 1.165) is 17.0 Å². The van der Waals surface area contributed by atoms with Crippen LogP contribution in [0.4, 0.5) is 5.69 Å². The van der Waals surface area contributed by atoms with Gasteiger partial charge in [-0.3, -0.25) is 0 Å². The summed E-state index contributed by atoms with van der Waals surface area (Å²) in [6.07, 6.45) is 5.70. The molecule has 13 heavy (non-hydrogen) atoms. The smallest absolute Gasteiger partial charge is 0.135 e. The van der Waals surface area contributed by atoms with Gasteiger partial charge in [0.05, 0.1) is 0 Å². The molecular weight excluding hydrogens is 162 g/mol. The number of fused-ring (bicyclic) bond motifs is 1. The molecule has 2 nitrogen and oxygen atoms in total. The second-order valence-corrected chi connectivity index (χ2v) is 2.97. The van der Waals surface area contributed by atoms with Gasteiger partial charge in [0.2, 0.25) is 0 Å². The van der Waals surface area contributed by atoms with Crippen molar-refractivity contribution in [3.63, 3.8) is 0 Å². The molecule has 1 atom stereocenters. The molecule has 2 rings (SSSR count). The average Bonchev–Trinajstić information content (AvgIpc) is 2.16. The largest absolute Gasteiger partial charge is 0.482 e. The molecule has 0 fully saturated rings. The van der Waals surface area contributed by atoms with Gasteiger partial charge in [0, 0.05) is 17.3 Å². The number of rotatable bonds is 1. The summed E-state index contributed by atoms with van der Waals surface area (Å²) < 4.78 is 5.58. The van der Waals surface area contributed by atoms with E-state index in [1.54, 1.807) is 6.08 Å². The fourth-order valence-electron chi connectivity index (χ4n) is 1.30. The molecule has 0 saturated carbocycles. The van der Waals surface area contributed by atoms with E-state index >= 15 is 0 Å². The summed E-state index contributed by atoms with van der Waals surface area (Å²) in [6.45, 7) is 3.67. The zero-order chi connectivity index (χ0) is 9.26. The maximum atomic E-state index is 5.64. The second kappa shape index (κ2) is 2.98. The maximum absolute atomic E-state index is 5.64. The van der Waals surface area contributed by atoms with Crippen molar-refractivity contribution in [3.8, 4) is 5.75 Å². The van der Waals surface area contributed by atoms with E-state index < -0.39 is 0 Å². The molecule has 0 spiro atoms. The van der Waals surface area contributed by atoms with E-state index in [1.165, 1.54) is 0 Å². The third-order valence-corrected chi connectivity index (χ3v) is 2.00. The number of benzene rings is 1. The first-order valence-electron chi connectivity index (χ1n) is 4.16. The zero-order valence-electron chi connectivity index (χ0n) is 7.23. The molecule has 1 aromatic carbocycles. The van der Waals surface area contributed by atoms with Gasteiger partial charge in [-0.15, -0.1) is 0 Å². The predicted molar refractivity (Wildman–Crippen MR) is 54.5 cm³/mol.